The molecule has 3 unspecified atom stereocenters. The molecule has 224 valence electrons. The minimum atomic E-state index is -4.43. The highest BCUT2D eigenvalue weighted by Crippen LogP contribution is 2.70. The average Bonchev–Trinajstić information content (AvgIpc) is 3.42. The van der Waals surface area contributed by atoms with Gasteiger partial charge in [-0.1, -0.05) is 0 Å². The van der Waals surface area contributed by atoms with Crippen molar-refractivity contribution in [1.29, 1.82) is 0 Å². The molecule has 1 spiro atoms. The van der Waals surface area contributed by atoms with Crippen LogP contribution in [0.4, 0.5) is 30.7 Å². The number of halogens is 7. The fourth-order valence-electron chi connectivity index (χ4n) is 6.95. The van der Waals surface area contributed by atoms with Crippen LogP contribution in [0.2, 0.25) is 0 Å². The summed E-state index contributed by atoms with van der Waals surface area (Å²) in [6.45, 7) is -0.458. The summed E-state index contributed by atoms with van der Waals surface area (Å²) in [6, 6.07) is 2.42. The molecule has 0 bridgehead atoms. The Morgan fingerprint density at radius 1 is 1.12 bits per heavy atom. The summed E-state index contributed by atoms with van der Waals surface area (Å²) < 4.78 is 95.9. The number of amides is 2. The van der Waals surface area contributed by atoms with E-state index in [0.717, 1.165) is 0 Å². The van der Waals surface area contributed by atoms with Gasteiger partial charge < -0.3 is 10.6 Å². The summed E-state index contributed by atoms with van der Waals surface area (Å²) >= 11 is 0. The number of nitrogens with zero attached hydrogens (tertiary/aromatic N) is 3. The molecule has 4 atom stereocenters. The second-order valence-electron chi connectivity index (χ2n) is 12.4. The van der Waals surface area contributed by atoms with Gasteiger partial charge in [0, 0.05) is 50.5 Å². The molecule has 0 radical (unpaired) electrons. The topological polar surface area (TPSA) is 88.4 Å². The Morgan fingerprint density at radius 2 is 1.83 bits per heavy atom. The number of fused-ring (bicyclic) bond motifs is 1. The van der Waals surface area contributed by atoms with E-state index in [2.05, 4.69) is 20.7 Å². The van der Waals surface area contributed by atoms with Crippen LogP contribution in [-0.2, 0) is 16.0 Å². The minimum Gasteiger partial charge on any atom is -0.355 e. The highest BCUT2D eigenvalue weighted by Gasteiger charge is 2.71. The zero-order chi connectivity index (χ0) is 29.4. The molecule has 1 aliphatic heterocycles. The second-order valence-corrected chi connectivity index (χ2v) is 12.4. The normalized spacial score (nSPS) is 29.5. The molecule has 2 aromatic rings. The standard InChI is InChI=1S/C27H30F7N5O2/c28-25(29)5-3-14(4-6-25)21(37-23(41)18-9-24(18)12-26(30,31)13-24)19-11-39-20(36-19)2-1-17(38-39)8-15-7-16(27(32,33)34)10-35-22(15)40/h1-2,11,14-16,18,21H,3-10,12-13H2,(H,35,40)(H,37,41)/t15?,16-,18?,21?/m1/s1. The zero-order valence-corrected chi connectivity index (χ0v) is 22.0. The fourth-order valence-corrected chi connectivity index (χ4v) is 6.95. The van der Waals surface area contributed by atoms with Crippen LogP contribution in [0, 0.1) is 29.1 Å². The number of nitrogens with one attached hydrogen (secondary N) is 2. The number of aromatic nitrogens is 3. The van der Waals surface area contributed by atoms with Gasteiger partial charge in [-0.3, -0.25) is 9.59 Å². The Morgan fingerprint density at radius 3 is 2.49 bits per heavy atom. The van der Waals surface area contributed by atoms with Gasteiger partial charge in [-0.05, 0) is 49.1 Å². The Hall–Kier alpha value is -2.93. The van der Waals surface area contributed by atoms with Gasteiger partial charge in [-0.15, -0.1) is 0 Å². The monoisotopic (exact) mass is 589 g/mol. The van der Waals surface area contributed by atoms with Crippen molar-refractivity contribution in [2.45, 2.75) is 81.9 Å². The molecular weight excluding hydrogens is 559 g/mol. The SMILES string of the molecule is O=C1NC[C@H](C(F)(F)F)CC1Cc1ccc2nc(C(NC(=O)C3CC34CC(F)(F)C4)C3CCC(F)(F)CC3)cn2n1. The van der Waals surface area contributed by atoms with Crippen molar-refractivity contribution in [1.82, 2.24) is 25.2 Å². The largest absolute Gasteiger partial charge is 0.393 e. The van der Waals surface area contributed by atoms with Crippen LogP contribution in [0.5, 0.6) is 0 Å². The van der Waals surface area contributed by atoms with E-state index < -0.39 is 65.6 Å². The number of alkyl halides is 7. The van der Waals surface area contributed by atoms with Crippen molar-refractivity contribution in [2.24, 2.45) is 29.1 Å². The van der Waals surface area contributed by atoms with Gasteiger partial charge in [0.05, 0.1) is 29.5 Å². The van der Waals surface area contributed by atoms with Crippen LogP contribution < -0.4 is 10.6 Å². The molecule has 7 nitrogen and oxygen atoms in total. The summed E-state index contributed by atoms with van der Waals surface area (Å²) in [4.78, 5) is 29.9. The molecule has 41 heavy (non-hydrogen) atoms. The van der Waals surface area contributed by atoms with Crippen LogP contribution in [-0.4, -0.2) is 51.0 Å². The summed E-state index contributed by atoms with van der Waals surface area (Å²) in [5.41, 5.74) is 0.420. The first-order chi connectivity index (χ1) is 19.1. The first-order valence-electron chi connectivity index (χ1n) is 13.9. The number of imidazole rings is 1. The maximum atomic E-state index is 13.9. The first-order valence-corrected chi connectivity index (χ1v) is 13.9. The lowest BCUT2D eigenvalue weighted by atomic mass is 9.76. The van der Waals surface area contributed by atoms with Crippen LogP contribution in [0.1, 0.15) is 68.8 Å². The van der Waals surface area contributed by atoms with E-state index in [0.29, 0.717) is 23.5 Å². The van der Waals surface area contributed by atoms with Gasteiger partial charge >= 0.3 is 6.18 Å². The quantitative estimate of drug-likeness (QED) is 0.464. The Labute approximate surface area is 230 Å². The predicted octanol–water partition coefficient (Wildman–Crippen LogP) is 5.00. The van der Waals surface area contributed by atoms with Crippen LogP contribution in [0.15, 0.2) is 18.3 Å². The zero-order valence-electron chi connectivity index (χ0n) is 22.0. The van der Waals surface area contributed by atoms with Gasteiger partial charge in [0.2, 0.25) is 23.7 Å². The number of carbonyl (C=O) groups is 2. The van der Waals surface area contributed by atoms with Gasteiger partial charge in [-0.2, -0.15) is 18.3 Å². The Bertz CT molecular complexity index is 1340. The third-order valence-electron chi connectivity index (χ3n) is 9.35. The molecule has 2 amide bonds. The van der Waals surface area contributed by atoms with Crippen LogP contribution in [0.3, 0.4) is 0 Å². The van der Waals surface area contributed by atoms with E-state index in [-0.39, 0.29) is 57.3 Å². The molecule has 3 aliphatic carbocycles. The smallest absolute Gasteiger partial charge is 0.355 e. The molecule has 6 rings (SSSR count). The summed E-state index contributed by atoms with van der Waals surface area (Å²) in [6.07, 6.45) is -3.98. The molecule has 3 saturated carbocycles. The number of carbonyl (C=O) groups excluding carboxylic acids is 2. The van der Waals surface area contributed by atoms with Gasteiger partial charge in [0.1, 0.15) is 0 Å². The third kappa shape index (κ3) is 5.62. The highest BCUT2D eigenvalue weighted by molar-refractivity contribution is 5.83. The Kier molecular flexibility index (Phi) is 6.57. The maximum Gasteiger partial charge on any atom is 0.393 e. The summed E-state index contributed by atoms with van der Waals surface area (Å²) in [7, 11) is 0. The lowest BCUT2D eigenvalue weighted by Crippen LogP contribution is -2.47. The van der Waals surface area contributed by atoms with Gasteiger partial charge in [0.25, 0.3) is 0 Å². The number of hydrogen-bond donors (Lipinski definition) is 2. The predicted molar refractivity (Wildman–Crippen MR) is 130 cm³/mol. The second kappa shape index (κ2) is 9.55. The number of rotatable bonds is 6. The molecule has 4 fully saturated rings. The van der Waals surface area contributed by atoms with Crippen molar-refractivity contribution < 1.29 is 40.3 Å². The van der Waals surface area contributed by atoms with E-state index in [9.17, 15) is 40.3 Å². The average molecular weight is 590 g/mol. The van der Waals surface area contributed by atoms with E-state index in [1.165, 1.54) is 10.7 Å². The lowest BCUT2D eigenvalue weighted by Gasteiger charge is -2.37. The van der Waals surface area contributed by atoms with Crippen molar-refractivity contribution in [2.75, 3.05) is 6.54 Å². The third-order valence-corrected chi connectivity index (χ3v) is 9.35. The van der Waals surface area contributed by atoms with Crippen molar-refractivity contribution in [3.8, 4) is 0 Å². The van der Waals surface area contributed by atoms with Gasteiger partial charge in [0.15, 0.2) is 5.65 Å². The molecule has 3 heterocycles. The van der Waals surface area contributed by atoms with E-state index in [1.807, 2.05) is 0 Å². The molecule has 1 saturated heterocycles. The molecule has 14 heteroatoms. The lowest BCUT2D eigenvalue weighted by molar-refractivity contribution is -0.183. The Balaban J connectivity index is 1.21. The van der Waals surface area contributed by atoms with Gasteiger partial charge in [-0.25, -0.2) is 27.1 Å². The van der Waals surface area contributed by atoms with Crippen molar-refractivity contribution >= 4 is 17.5 Å². The summed E-state index contributed by atoms with van der Waals surface area (Å²) in [5, 5.41) is 9.66. The maximum absolute atomic E-state index is 13.9. The van der Waals surface area contributed by atoms with E-state index in [4.69, 9.17) is 0 Å². The fraction of sp³-hybridized carbons (Fsp3) is 0.704. The first kappa shape index (κ1) is 28.2. The number of hydrogen-bond acceptors (Lipinski definition) is 4. The highest BCUT2D eigenvalue weighted by atomic mass is 19.4. The van der Waals surface area contributed by atoms with Crippen molar-refractivity contribution in [3.05, 3.63) is 29.7 Å². The molecule has 2 N–H and O–H groups in total. The van der Waals surface area contributed by atoms with Crippen molar-refractivity contribution in [3.63, 3.8) is 0 Å². The molecular formula is C27H30F7N5O2. The molecule has 0 aromatic carbocycles. The molecule has 4 aliphatic rings. The number of piperidine rings is 1. The minimum absolute atomic E-state index is 0.0197. The van der Waals surface area contributed by atoms with Crippen LogP contribution >= 0.6 is 0 Å². The van der Waals surface area contributed by atoms with E-state index in [1.54, 1.807) is 12.1 Å². The summed E-state index contributed by atoms with van der Waals surface area (Å²) in [5.74, 6) is -9.89. The van der Waals surface area contributed by atoms with E-state index >= 15 is 0 Å². The van der Waals surface area contributed by atoms with Crippen LogP contribution in [0.25, 0.3) is 5.65 Å². The molecule has 2 aromatic heterocycles.